The average Bonchev–Trinajstić information content (AvgIpc) is 3.63. The van der Waals surface area contributed by atoms with Crippen molar-refractivity contribution in [1.29, 1.82) is 0 Å². The Kier molecular flexibility index (Phi) is 11.7. The summed E-state index contributed by atoms with van der Waals surface area (Å²) in [7, 11) is 0. The molecule has 0 saturated heterocycles. The molecule has 0 radical (unpaired) electrons. The quantitative estimate of drug-likeness (QED) is 0.183. The van der Waals surface area contributed by atoms with Gasteiger partial charge in [0.2, 0.25) is 5.91 Å². The molecule has 1 amide bonds. The molecule has 1 fully saturated rings. The summed E-state index contributed by atoms with van der Waals surface area (Å²) in [5.41, 5.74) is 11.1. The number of nitrogens with zero attached hydrogens (tertiary/aromatic N) is 1. The number of benzene rings is 5. The van der Waals surface area contributed by atoms with Crippen molar-refractivity contribution in [3.8, 4) is 11.1 Å². The fraction of sp³-hybridized carbons (Fsp3) is 0.273. The molecule has 1 saturated carbocycles. The summed E-state index contributed by atoms with van der Waals surface area (Å²) >= 11 is 0. The molecule has 9 rings (SSSR count). The van der Waals surface area contributed by atoms with E-state index in [1.54, 1.807) is 4.90 Å². The molecule has 47 heavy (non-hydrogen) atoms. The van der Waals surface area contributed by atoms with Crippen molar-refractivity contribution in [2.75, 3.05) is 4.90 Å². The van der Waals surface area contributed by atoms with Gasteiger partial charge in [-0.15, -0.1) is 0 Å². The van der Waals surface area contributed by atoms with Gasteiger partial charge in [0, 0.05) is 17.2 Å². The third kappa shape index (κ3) is 7.15. The van der Waals surface area contributed by atoms with Crippen molar-refractivity contribution in [3.05, 3.63) is 155 Å². The lowest BCUT2D eigenvalue weighted by Gasteiger charge is -2.35. The summed E-state index contributed by atoms with van der Waals surface area (Å²) < 4.78 is 0. The number of carbonyl (C=O) groups is 2. The van der Waals surface area contributed by atoms with Crippen LogP contribution in [-0.4, -0.2) is 11.7 Å². The molecular formula is C44H49NO2. The van der Waals surface area contributed by atoms with Gasteiger partial charge in [0.25, 0.3) is 0 Å². The Bertz CT molecular complexity index is 1760. The second-order valence-corrected chi connectivity index (χ2v) is 12.2. The van der Waals surface area contributed by atoms with Crippen molar-refractivity contribution in [3.63, 3.8) is 0 Å². The Hall–Kier alpha value is -4.76. The smallest absolute Gasteiger partial charge is 0.236 e. The third-order valence-corrected chi connectivity index (χ3v) is 9.55. The van der Waals surface area contributed by atoms with Gasteiger partial charge in [0.1, 0.15) is 0 Å². The molecule has 242 valence electrons. The molecule has 5 aromatic rings. The molecule has 0 bridgehead atoms. The first-order valence-corrected chi connectivity index (χ1v) is 15.9. The number of carbonyl (C=O) groups excluding carboxylic acids is 2. The van der Waals surface area contributed by atoms with Gasteiger partial charge >= 0.3 is 0 Å². The van der Waals surface area contributed by atoms with Gasteiger partial charge in [0.15, 0.2) is 5.78 Å². The van der Waals surface area contributed by atoms with Crippen molar-refractivity contribution in [2.24, 2.45) is 11.8 Å². The zero-order valence-electron chi connectivity index (χ0n) is 25.0. The Morgan fingerprint density at radius 2 is 1.00 bits per heavy atom. The first kappa shape index (κ1) is 35.1. The minimum absolute atomic E-state index is 0. The maximum absolute atomic E-state index is 12.3. The number of para-hydroxylation sites is 2. The monoisotopic (exact) mass is 623 g/mol. The van der Waals surface area contributed by atoms with E-state index in [0.29, 0.717) is 24.0 Å². The summed E-state index contributed by atoms with van der Waals surface area (Å²) in [5, 5.41) is 0. The number of Topliss-reactive ketones (excluding diaryl/α,β-unsaturated/α-hetero) is 1. The van der Waals surface area contributed by atoms with Crippen LogP contribution in [0.25, 0.3) is 11.1 Å². The Morgan fingerprint density at radius 1 is 0.489 bits per heavy atom. The highest BCUT2D eigenvalue weighted by Gasteiger charge is 2.36. The van der Waals surface area contributed by atoms with Crippen LogP contribution in [0.5, 0.6) is 0 Å². The molecule has 1 aliphatic heterocycles. The molecule has 0 aromatic heterocycles. The second kappa shape index (κ2) is 15.7. The molecule has 0 spiro atoms. The standard InChI is InChI=1S/C14H11NO.C14H16O.C13H10.3CH4/c16-14-10-11-6-4-5-9-13(11)15(14)12-7-2-1-3-8-12;15-14-12-7-3-1-5-10(12)9-11-6-2-4-8-13(11)14;1-3-7-12-10(5-1)9-11-6-2-4-8-13(11)12;;;/h1-9H,10H2;1,3,5,7,11,13H,2,4,6,8-9H2;1-8H,9H2;3*1H4. The van der Waals surface area contributed by atoms with Gasteiger partial charge in [-0.05, 0) is 83.2 Å². The summed E-state index contributed by atoms with van der Waals surface area (Å²) in [6, 6.07) is 43.2. The SMILES string of the molecule is C.C.C.O=C1Cc2ccccc2N1c1ccccc1.O=C1c2ccccc2CC2CCCCC12.c1ccc2c(c1)Cc1ccccc1-2. The molecule has 3 aliphatic carbocycles. The normalized spacial score (nSPS) is 17.6. The van der Waals surface area contributed by atoms with Gasteiger partial charge in [0.05, 0.1) is 12.1 Å². The van der Waals surface area contributed by atoms with E-state index >= 15 is 0 Å². The van der Waals surface area contributed by atoms with Gasteiger partial charge < -0.3 is 0 Å². The molecular weight excluding hydrogens is 574 g/mol. The maximum atomic E-state index is 12.3. The Labute approximate surface area is 282 Å². The van der Waals surface area contributed by atoms with E-state index in [1.165, 1.54) is 47.1 Å². The van der Waals surface area contributed by atoms with Crippen LogP contribution >= 0.6 is 0 Å². The van der Waals surface area contributed by atoms with Crippen molar-refractivity contribution in [2.45, 2.75) is 67.2 Å². The van der Waals surface area contributed by atoms with E-state index in [1.807, 2.05) is 66.7 Å². The maximum Gasteiger partial charge on any atom is 0.236 e. The molecule has 0 N–H and O–H groups in total. The van der Waals surface area contributed by atoms with Crippen LogP contribution in [-0.2, 0) is 24.1 Å². The van der Waals surface area contributed by atoms with Crippen LogP contribution in [0.1, 0.15) is 80.6 Å². The molecule has 1 heterocycles. The molecule has 4 aliphatic rings. The van der Waals surface area contributed by atoms with E-state index in [9.17, 15) is 9.59 Å². The highest BCUT2D eigenvalue weighted by Crippen LogP contribution is 2.40. The van der Waals surface area contributed by atoms with Crippen molar-refractivity contribution >= 4 is 23.1 Å². The highest BCUT2D eigenvalue weighted by atomic mass is 16.2. The fourth-order valence-corrected chi connectivity index (χ4v) is 7.41. The van der Waals surface area contributed by atoms with E-state index < -0.39 is 0 Å². The summed E-state index contributed by atoms with van der Waals surface area (Å²) in [5.74, 6) is 1.55. The van der Waals surface area contributed by atoms with E-state index in [-0.39, 0.29) is 28.2 Å². The largest absolute Gasteiger partial charge is 0.294 e. The Balaban J connectivity index is 0.000000155. The number of amides is 1. The topological polar surface area (TPSA) is 37.4 Å². The van der Waals surface area contributed by atoms with Gasteiger partial charge in [-0.1, -0.05) is 144 Å². The molecule has 5 aromatic carbocycles. The van der Waals surface area contributed by atoms with Crippen LogP contribution in [0.2, 0.25) is 0 Å². The lowest BCUT2D eigenvalue weighted by Crippen LogP contribution is -2.33. The lowest BCUT2D eigenvalue weighted by molar-refractivity contribution is -0.116. The van der Waals surface area contributed by atoms with E-state index in [4.69, 9.17) is 0 Å². The minimum atomic E-state index is 0. The number of hydrogen-bond donors (Lipinski definition) is 0. The second-order valence-electron chi connectivity index (χ2n) is 12.2. The molecule has 3 nitrogen and oxygen atoms in total. The average molecular weight is 624 g/mol. The summed E-state index contributed by atoms with van der Waals surface area (Å²) in [6.07, 6.45) is 7.68. The minimum Gasteiger partial charge on any atom is -0.294 e. The van der Waals surface area contributed by atoms with Crippen LogP contribution in [0.3, 0.4) is 0 Å². The van der Waals surface area contributed by atoms with Crippen molar-refractivity contribution in [1.82, 2.24) is 0 Å². The number of hydrogen-bond acceptors (Lipinski definition) is 2. The van der Waals surface area contributed by atoms with Crippen LogP contribution in [0.15, 0.2) is 127 Å². The van der Waals surface area contributed by atoms with Crippen LogP contribution in [0, 0.1) is 11.8 Å². The number of fused-ring (bicyclic) bond motifs is 6. The van der Waals surface area contributed by atoms with Gasteiger partial charge in [-0.3, -0.25) is 14.5 Å². The predicted molar refractivity (Wildman–Crippen MR) is 199 cm³/mol. The number of rotatable bonds is 1. The van der Waals surface area contributed by atoms with E-state index in [2.05, 4.69) is 60.7 Å². The first-order valence-electron chi connectivity index (χ1n) is 15.9. The lowest BCUT2D eigenvalue weighted by atomic mass is 9.68. The predicted octanol–water partition coefficient (Wildman–Crippen LogP) is 11.3. The summed E-state index contributed by atoms with van der Waals surface area (Å²) in [6.45, 7) is 0. The van der Waals surface area contributed by atoms with Crippen LogP contribution in [0.4, 0.5) is 11.4 Å². The zero-order valence-corrected chi connectivity index (χ0v) is 25.0. The third-order valence-electron chi connectivity index (χ3n) is 9.55. The number of anilines is 2. The first-order chi connectivity index (χ1) is 21.7. The molecule has 3 heteroatoms. The van der Waals surface area contributed by atoms with Crippen molar-refractivity contribution < 1.29 is 9.59 Å². The van der Waals surface area contributed by atoms with Gasteiger partial charge in [-0.25, -0.2) is 0 Å². The molecule has 2 atom stereocenters. The van der Waals surface area contributed by atoms with Crippen LogP contribution < -0.4 is 4.90 Å². The zero-order chi connectivity index (χ0) is 29.9. The Morgan fingerprint density at radius 3 is 1.66 bits per heavy atom. The highest BCUT2D eigenvalue weighted by molar-refractivity contribution is 6.07. The van der Waals surface area contributed by atoms with Gasteiger partial charge in [-0.2, -0.15) is 0 Å². The summed E-state index contributed by atoms with van der Waals surface area (Å²) in [4.78, 5) is 26.0. The van der Waals surface area contributed by atoms with E-state index in [0.717, 1.165) is 41.8 Å². The fourth-order valence-electron chi connectivity index (χ4n) is 7.41. The molecule has 2 unspecified atom stereocenters. The number of ketones is 1.